The van der Waals surface area contributed by atoms with Crippen molar-refractivity contribution in [2.75, 3.05) is 26.2 Å². The summed E-state index contributed by atoms with van der Waals surface area (Å²) < 4.78 is 1.85. The first-order chi connectivity index (χ1) is 9.65. The van der Waals surface area contributed by atoms with Crippen LogP contribution in [0.5, 0.6) is 0 Å². The van der Waals surface area contributed by atoms with Gasteiger partial charge in [0.05, 0.1) is 12.1 Å². The minimum absolute atomic E-state index is 0.106. The van der Waals surface area contributed by atoms with E-state index in [-0.39, 0.29) is 6.04 Å². The average molecular weight is 277 g/mol. The van der Waals surface area contributed by atoms with Gasteiger partial charge in [0.2, 0.25) is 5.91 Å². The molecule has 0 bridgehead atoms. The molecule has 1 amide bonds. The van der Waals surface area contributed by atoms with E-state index in [1.165, 1.54) is 0 Å². The number of hydrogen-bond donors (Lipinski definition) is 0. The predicted molar refractivity (Wildman–Crippen MR) is 75.1 cm³/mol. The maximum Gasteiger partial charge on any atom is 0.240 e. The lowest BCUT2D eigenvalue weighted by molar-refractivity contribution is -0.142. The van der Waals surface area contributed by atoms with E-state index in [0.717, 1.165) is 39.0 Å². The van der Waals surface area contributed by atoms with Crippen LogP contribution in [0.15, 0.2) is 12.7 Å². The lowest BCUT2D eigenvalue weighted by atomic mass is 10.1. The molecule has 2 aliphatic heterocycles. The molecule has 1 atom stereocenters. The molecule has 3 heterocycles. The van der Waals surface area contributed by atoms with Crippen molar-refractivity contribution in [3.63, 3.8) is 0 Å². The Balaban J connectivity index is 1.55. The molecule has 6 heteroatoms. The summed E-state index contributed by atoms with van der Waals surface area (Å²) >= 11 is 0. The van der Waals surface area contributed by atoms with Gasteiger partial charge in [0.15, 0.2) is 0 Å². The highest BCUT2D eigenvalue weighted by atomic mass is 16.2. The van der Waals surface area contributed by atoms with Crippen molar-refractivity contribution in [1.82, 2.24) is 24.6 Å². The maximum atomic E-state index is 12.6. The van der Waals surface area contributed by atoms with Crippen LogP contribution in [0.3, 0.4) is 0 Å². The highest BCUT2D eigenvalue weighted by Crippen LogP contribution is 2.26. The topological polar surface area (TPSA) is 54.3 Å². The van der Waals surface area contributed by atoms with Crippen molar-refractivity contribution >= 4 is 5.91 Å². The van der Waals surface area contributed by atoms with Gasteiger partial charge in [-0.25, -0.2) is 9.67 Å². The molecular formula is C14H23N5O. The molecule has 0 N–H and O–H groups in total. The molecule has 0 radical (unpaired) electrons. The van der Waals surface area contributed by atoms with Crippen molar-refractivity contribution in [1.29, 1.82) is 0 Å². The van der Waals surface area contributed by atoms with Crippen molar-refractivity contribution in [2.45, 2.75) is 38.8 Å². The number of carbonyl (C=O) groups is 1. The van der Waals surface area contributed by atoms with E-state index in [0.29, 0.717) is 17.9 Å². The third kappa shape index (κ3) is 2.57. The van der Waals surface area contributed by atoms with Crippen LogP contribution in [-0.4, -0.2) is 62.7 Å². The Bertz CT molecular complexity index is 452. The minimum atomic E-state index is 0.106. The van der Waals surface area contributed by atoms with E-state index in [1.54, 1.807) is 12.7 Å². The molecule has 1 unspecified atom stereocenters. The summed E-state index contributed by atoms with van der Waals surface area (Å²) in [6, 6.07) is 0.412. The fourth-order valence-corrected chi connectivity index (χ4v) is 3.21. The molecular weight excluding hydrogens is 254 g/mol. The van der Waals surface area contributed by atoms with E-state index >= 15 is 0 Å². The van der Waals surface area contributed by atoms with Crippen LogP contribution in [0.1, 0.15) is 32.7 Å². The van der Waals surface area contributed by atoms with E-state index < -0.39 is 0 Å². The third-order valence-electron chi connectivity index (χ3n) is 4.23. The minimum Gasteiger partial charge on any atom is -0.337 e. The zero-order chi connectivity index (χ0) is 14.1. The second kappa shape index (κ2) is 5.52. The first-order valence-electron chi connectivity index (χ1n) is 7.52. The van der Waals surface area contributed by atoms with E-state index in [2.05, 4.69) is 28.8 Å². The highest BCUT2D eigenvalue weighted by Gasteiger charge is 2.39. The molecule has 20 heavy (non-hydrogen) atoms. The first-order valence-corrected chi connectivity index (χ1v) is 7.52. The van der Waals surface area contributed by atoms with Crippen LogP contribution in [0, 0.1) is 5.92 Å². The summed E-state index contributed by atoms with van der Waals surface area (Å²) in [4.78, 5) is 20.9. The van der Waals surface area contributed by atoms with Gasteiger partial charge in [0.25, 0.3) is 0 Å². The third-order valence-corrected chi connectivity index (χ3v) is 4.23. The van der Waals surface area contributed by atoms with Gasteiger partial charge in [0.1, 0.15) is 12.7 Å². The predicted octanol–water partition coefficient (Wildman–Crippen LogP) is 0.782. The Morgan fingerprint density at radius 3 is 2.85 bits per heavy atom. The fraction of sp³-hybridized carbons (Fsp3) is 0.786. The zero-order valence-electron chi connectivity index (χ0n) is 12.3. The summed E-state index contributed by atoms with van der Waals surface area (Å²) in [5.41, 5.74) is 0. The molecule has 1 aromatic heterocycles. The molecule has 1 aromatic rings. The number of hydrogen-bond acceptors (Lipinski definition) is 4. The van der Waals surface area contributed by atoms with Crippen molar-refractivity contribution in [2.24, 2.45) is 5.92 Å². The largest absolute Gasteiger partial charge is 0.337 e. The van der Waals surface area contributed by atoms with Crippen LogP contribution < -0.4 is 0 Å². The lowest BCUT2D eigenvalue weighted by Crippen LogP contribution is -2.56. The summed E-state index contributed by atoms with van der Waals surface area (Å²) in [7, 11) is 0. The summed E-state index contributed by atoms with van der Waals surface area (Å²) in [6.45, 7) is 8.06. The van der Waals surface area contributed by atoms with Crippen LogP contribution in [0.4, 0.5) is 0 Å². The second-order valence-electron chi connectivity index (χ2n) is 6.32. The van der Waals surface area contributed by atoms with Crippen molar-refractivity contribution in [3.05, 3.63) is 12.7 Å². The van der Waals surface area contributed by atoms with Gasteiger partial charge in [-0.05, 0) is 25.3 Å². The van der Waals surface area contributed by atoms with Gasteiger partial charge in [-0.15, -0.1) is 0 Å². The Hall–Kier alpha value is -1.43. The Kier molecular flexibility index (Phi) is 3.74. The lowest BCUT2D eigenvalue weighted by Gasteiger charge is -2.41. The average Bonchev–Trinajstić information content (AvgIpc) is 2.97. The molecule has 0 spiro atoms. The summed E-state index contributed by atoms with van der Waals surface area (Å²) in [6.07, 6.45) is 5.43. The number of likely N-dealkylation sites (tertiary alicyclic amines) is 2. The number of aromatic nitrogens is 3. The van der Waals surface area contributed by atoms with Gasteiger partial charge in [-0.2, -0.15) is 5.10 Å². The molecule has 0 aliphatic carbocycles. The van der Waals surface area contributed by atoms with Crippen LogP contribution in [-0.2, 0) is 4.79 Å². The Labute approximate surface area is 119 Å². The normalized spacial score (nSPS) is 24.4. The van der Waals surface area contributed by atoms with Gasteiger partial charge in [-0.3, -0.25) is 9.69 Å². The zero-order valence-corrected chi connectivity index (χ0v) is 12.3. The number of rotatable bonds is 4. The molecule has 2 fully saturated rings. The number of carbonyl (C=O) groups excluding carboxylic acids is 1. The van der Waals surface area contributed by atoms with Crippen molar-refractivity contribution < 1.29 is 4.79 Å². The van der Waals surface area contributed by atoms with Crippen LogP contribution >= 0.6 is 0 Å². The van der Waals surface area contributed by atoms with Crippen LogP contribution in [0.2, 0.25) is 0 Å². The molecule has 110 valence electrons. The fourth-order valence-electron chi connectivity index (χ4n) is 3.21. The molecule has 3 rings (SSSR count). The van der Waals surface area contributed by atoms with Gasteiger partial charge in [0, 0.05) is 19.6 Å². The van der Waals surface area contributed by atoms with Crippen LogP contribution in [0.25, 0.3) is 0 Å². The molecule has 2 aliphatic rings. The first kappa shape index (κ1) is 13.5. The SMILES string of the molecule is CC(C)CN1CCCC1C(=O)N1CC(n2cncn2)C1. The quantitative estimate of drug-likeness (QED) is 0.816. The molecule has 0 aromatic carbocycles. The summed E-state index contributed by atoms with van der Waals surface area (Å²) in [5, 5.41) is 4.14. The van der Waals surface area contributed by atoms with Crippen molar-refractivity contribution in [3.8, 4) is 0 Å². The molecule has 6 nitrogen and oxygen atoms in total. The number of nitrogens with zero attached hydrogens (tertiary/aromatic N) is 5. The summed E-state index contributed by atoms with van der Waals surface area (Å²) in [5.74, 6) is 0.919. The van der Waals surface area contributed by atoms with Gasteiger partial charge < -0.3 is 4.90 Å². The van der Waals surface area contributed by atoms with E-state index in [4.69, 9.17) is 0 Å². The Morgan fingerprint density at radius 1 is 1.40 bits per heavy atom. The van der Waals surface area contributed by atoms with Gasteiger partial charge in [-0.1, -0.05) is 13.8 Å². The van der Waals surface area contributed by atoms with Gasteiger partial charge >= 0.3 is 0 Å². The standard InChI is InChI=1S/C14H23N5O/c1-11(2)6-17-5-3-4-13(17)14(20)18-7-12(8-18)19-10-15-9-16-19/h9-13H,3-8H2,1-2H3. The number of amides is 1. The monoisotopic (exact) mass is 277 g/mol. The second-order valence-corrected chi connectivity index (χ2v) is 6.32. The van der Waals surface area contributed by atoms with E-state index in [1.807, 2.05) is 9.58 Å². The van der Waals surface area contributed by atoms with E-state index in [9.17, 15) is 4.79 Å². The smallest absolute Gasteiger partial charge is 0.240 e. The molecule has 0 saturated carbocycles. The Morgan fingerprint density at radius 2 is 2.20 bits per heavy atom. The molecule has 2 saturated heterocycles. The maximum absolute atomic E-state index is 12.6. The highest BCUT2D eigenvalue weighted by molar-refractivity contribution is 5.83.